The summed E-state index contributed by atoms with van der Waals surface area (Å²) in [6.07, 6.45) is -1.05. The van der Waals surface area contributed by atoms with Crippen molar-refractivity contribution in [3.05, 3.63) is 57.9 Å². The van der Waals surface area contributed by atoms with E-state index in [0.717, 1.165) is 5.69 Å². The van der Waals surface area contributed by atoms with Gasteiger partial charge in [-0.1, -0.05) is 12.1 Å². The highest BCUT2D eigenvalue weighted by Crippen LogP contribution is 2.19. The highest BCUT2D eigenvalue weighted by molar-refractivity contribution is 5.92. The molecule has 0 saturated carbocycles. The minimum absolute atomic E-state index is 0.00252. The van der Waals surface area contributed by atoms with Crippen molar-refractivity contribution in [1.29, 1.82) is 0 Å². The molecular formula is C17H17N5O4. The molecular weight excluding hydrogens is 338 g/mol. The first-order chi connectivity index (χ1) is 12.6. The number of aromatic nitrogens is 4. The van der Waals surface area contributed by atoms with Gasteiger partial charge in [-0.15, -0.1) is 0 Å². The summed E-state index contributed by atoms with van der Waals surface area (Å²) in [4.78, 5) is 33.3. The molecule has 9 heteroatoms. The summed E-state index contributed by atoms with van der Waals surface area (Å²) in [7, 11) is 0. The first-order valence-corrected chi connectivity index (χ1v) is 8.20. The fraction of sp³-hybridized carbons (Fsp3) is 0.294. The summed E-state index contributed by atoms with van der Waals surface area (Å²) in [5, 5.41) is 23.4. The van der Waals surface area contributed by atoms with Gasteiger partial charge in [-0.05, 0) is 18.2 Å². The Morgan fingerprint density at radius 2 is 2.12 bits per heavy atom. The standard InChI is InChI=1S/C17H17N5O4/c23-9-14(24)13-7-10-8-21(5-6-22(10)20-13)17(26)15-18-12-4-2-1-3-11(12)16(25)19-15/h1-4,7,14,23-24H,5-6,8-9H2,(H,18,19,25)/t14-/m0/s1. The Morgan fingerprint density at radius 3 is 2.92 bits per heavy atom. The molecule has 3 N–H and O–H groups in total. The van der Waals surface area contributed by atoms with Crippen molar-refractivity contribution in [2.75, 3.05) is 13.2 Å². The van der Waals surface area contributed by atoms with Gasteiger partial charge in [0.2, 0.25) is 0 Å². The van der Waals surface area contributed by atoms with Crippen LogP contribution >= 0.6 is 0 Å². The zero-order valence-electron chi connectivity index (χ0n) is 13.8. The average Bonchev–Trinajstić information content (AvgIpc) is 3.10. The zero-order chi connectivity index (χ0) is 18.3. The van der Waals surface area contributed by atoms with Crippen molar-refractivity contribution in [2.24, 2.45) is 0 Å². The number of amides is 1. The quantitative estimate of drug-likeness (QED) is 0.598. The molecule has 1 amide bonds. The number of fused-ring (bicyclic) bond motifs is 2. The Kier molecular flexibility index (Phi) is 4.02. The molecule has 9 nitrogen and oxygen atoms in total. The predicted octanol–water partition coefficient (Wildman–Crippen LogP) is -0.199. The third kappa shape index (κ3) is 2.76. The maximum Gasteiger partial charge on any atom is 0.290 e. The number of nitrogens with one attached hydrogen (secondary N) is 1. The number of aliphatic hydroxyl groups is 2. The summed E-state index contributed by atoms with van der Waals surface area (Å²) in [6, 6.07) is 8.51. The van der Waals surface area contributed by atoms with Crippen LogP contribution in [0.25, 0.3) is 10.9 Å². The molecule has 0 unspecified atom stereocenters. The second-order valence-corrected chi connectivity index (χ2v) is 6.14. The van der Waals surface area contributed by atoms with E-state index in [0.29, 0.717) is 29.7 Å². The van der Waals surface area contributed by atoms with Gasteiger partial charge >= 0.3 is 0 Å². The minimum Gasteiger partial charge on any atom is -0.393 e. The number of hydrogen-bond donors (Lipinski definition) is 3. The predicted molar refractivity (Wildman–Crippen MR) is 91.4 cm³/mol. The number of aromatic amines is 1. The summed E-state index contributed by atoms with van der Waals surface area (Å²) in [6.45, 7) is 0.720. The number of H-pyrrole nitrogens is 1. The smallest absolute Gasteiger partial charge is 0.290 e. The molecule has 2 aromatic heterocycles. The van der Waals surface area contributed by atoms with Crippen molar-refractivity contribution in [2.45, 2.75) is 19.2 Å². The molecule has 1 aliphatic heterocycles. The second-order valence-electron chi connectivity index (χ2n) is 6.14. The Bertz CT molecular complexity index is 1040. The molecule has 1 atom stereocenters. The molecule has 1 aromatic carbocycles. The lowest BCUT2D eigenvalue weighted by Gasteiger charge is -2.27. The van der Waals surface area contributed by atoms with Crippen LogP contribution < -0.4 is 5.56 Å². The number of nitrogens with zero attached hydrogens (tertiary/aromatic N) is 4. The number of carbonyl (C=O) groups excluding carboxylic acids is 1. The Balaban J connectivity index is 1.62. The molecule has 0 aliphatic carbocycles. The SMILES string of the molecule is O=C(c1nc2ccccc2c(=O)[nH]1)N1CCn2nc([C@@H](O)CO)cc2C1. The summed E-state index contributed by atoms with van der Waals surface area (Å²) in [5.74, 6) is -0.373. The highest BCUT2D eigenvalue weighted by Gasteiger charge is 2.26. The van der Waals surface area contributed by atoms with E-state index in [1.54, 1.807) is 39.9 Å². The van der Waals surface area contributed by atoms with Crippen LogP contribution in [-0.2, 0) is 13.1 Å². The van der Waals surface area contributed by atoms with Crippen LogP contribution in [0, 0.1) is 0 Å². The van der Waals surface area contributed by atoms with E-state index >= 15 is 0 Å². The topological polar surface area (TPSA) is 124 Å². The number of hydrogen-bond acceptors (Lipinski definition) is 6. The van der Waals surface area contributed by atoms with Gasteiger partial charge in [0, 0.05) is 6.54 Å². The van der Waals surface area contributed by atoms with Crippen LogP contribution in [0.3, 0.4) is 0 Å². The Morgan fingerprint density at radius 1 is 1.31 bits per heavy atom. The molecule has 3 heterocycles. The number of para-hydroxylation sites is 1. The normalized spacial score (nSPS) is 15.1. The molecule has 0 radical (unpaired) electrons. The van der Waals surface area contributed by atoms with Gasteiger partial charge in [0.1, 0.15) is 6.10 Å². The first kappa shape index (κ1) is 16.4. The van der Waals surface area contributed by atoms with Crippen LogP contribution in [0.4, 0.5) is 0 Å². The molecule has 26 heavy (non-hydrogen) atoms. The van der Waals surface area contributed by atoms with Crippen molar-refractivity contribution in [3.63, 3.8) is 0 Å². The molecule has 1 aliphatic rings. The Hall–Kier alpha value is -3.04. The van der Waals surface area contributed by atoms with Crippen LogP contribution in [0.2, 0.25) is 0 Å². The first-order valence-electron chi connectivity index (χ1n) is 8.20. The summed E-state index contributed by atoms with van der Waals surface area (Å²) < 4.78 is 1.70. The Labute approximate surface area is 147 Å². The number of benzene rings is 1. The fourth-order valence-corrected chi connectivity index (χ4v) is 3.06. The molecule has 0 saturated heterocycles. The zero-order valence-corrected chi connectivity index (χ0v) is 13.8. The van der Waals surface area contributed by atoms with Gasteiger partial charge in [0.25, 0.3) is 11.5 Å². The van der Waals surface area contributed by atoms with Crippen molar-refractivity contribution >= 4 is 16.8 Å². The molecule has 0 bridgehead atoms. The monoisotopic (exact) mass is 355 g/mol. The summed E-state index contributed by atoms with van der Waals surface area (Å²) >= 11 is 0. The van der Waals surface area contributed by atoms with E-state index in [-0.39, 0.29) is 23.8 Å². The van der Waals surface area contributed by atoms with E-state index in [1.165, 1.54) is 0 Å². The van der Waals surface area contributed by atoms with Crippen molar-refractivity contribution in [3.8, 4) is 0 Å². The number of aliphatic hydroxyl groups excluding tert-OH is 2. The van der Waals surface area contributed by atoms with Crippen LogP contribution in [-0.4, -0.2) is 53.9 Å². The molecule has 134 valence electrons. The highest BCUT2D eigenvalue weighted by atomic mass is 16.3. The van der Waals surface area contributed by atoms with Crippen LogP contribution in [0.5, 0.6) is 0 Å². The van der Waals surface area contributed by atoms with Gasteiger partial charge in [-0.25, -0.2) is 4.98 Å². The maximum absolute atomic E-state index is 12.8. The van der Waals surface area contributed by atoms with E-state index in [4.69, 9.17) is 5.11 Å². The second kappa shape index (κ2) is 6.36. The van der Waals surface area contributed by atoms with E-state index in [2.05, 4.69) is 15.1 Å². The van der Waals surface area contributed by atoms with Gasteiger partial charge in [-0.3, -0.25) is 14.3 Å². The van der Waals surface area contributed by atoms with Crippen LogP contribution in [0.15, 0.2) is 35.1 Å². The van der Waals surface area contributed by atoms with E-state index < -0.39 is 12.7 Å². The van der Waals surface area contributed by atoms with Crippen molar-refractivity contribution < 1.29 is 15.0 Å². The van der Waals surface area contributed by atoms with Gasteiger partial charge < -0.3 is 20.1 Å². The van der Waals surface area contributed by atoms with Crippen LogP contribution in [0.1, 0.15) is 28.1 Å². The molecule has 4 rings (SSSR count). The average molecular weight is 355 g/mol. The number of carbonyl (C=O) groups is 1. The lowest BCUT2D eigenvalue weighted by molar-refractivity contribution is 0.0692. The van der Waals surface area contributed by atoms with E-state index in [9.17, 15) is 14.7 Å². The molecule has 3 aromatic rings. The van der Waals surface area contributed by atoms with E-state index in [1.807, 2.05) is 0 Å². The molecule has 0 spiro atoms. The lowest BCUT2D eigenvalue weighted by atomic mass is 10.2. The summed E-state index contributed by atoms with van der Waals surface area (Å²) in [5.41, 5.74) is 1.23. The third-order valence-corrected chi connectivity index (χ3v) is 4.43. The molecule has 0 fully saturated rings. The maximum atomic E-state index is 12.8. The van der Waals surface area contributed by atoms with Gasteiger partial charge in [0.15, 0.2) is 5.82 Å². The van der Waals surface area contributed by atoms with Crippen molar-refractivity contribution in [1.82, 2.24) is 24.6 Å². The number of rotatable bonds is 3. The lowest BCUT2D eigenvalue weighted by Crippen LogP contribution is -2.39. The fourth-order valence-electron chi connectivity index (χ4n) is 3.06. The largest absolute Gasteiger partial charge is 0.393 e. The minimum atomic E-state index is -1.05. The third-order valence-electron chi connectivity index (χ3n) is 4.43. The van der Waals surface area contributed by atoms with Gasteiger partial charge in [0.05, 0.1) is 42.0 Å². The van der Waals surface area contributed by atoms with Gasteiger partial charge in [-0.2, -0.15) is 5.10 Å².